The summed E-state index contributed by atoms with van der Waals surface area (Å²) in [7, 11) is 0. The van der Waals surface area contributed by atoms with Crippen LogP contribution in [-0.2, 0) is 0 Å². The summed E-state index contributed by atoms with van der Waals surface area (Å²) in [5.74, 6) is 0. The summed E-state index contributed by atoms with van der Waals surface area (Å²) in [6, 6.07) is 3.21. The maximum absolute atomic E-state index is 11.8. The molecule has 0 unspecified atom stereocenters. The maximum Gasteiger partial charge on any atom is 0.485 e. The largest absolute Gasteiger partial charge is 0.485 e. The third kappa shape index (κ3) is 3.62. The lowest BCUT2D eigenvalue weighted by Crippen LogP contribution is -2.40. The van der Waals surface area contributed by atoms with Gasteiger partial charge in [0.1, 0.15) is 0 Å². The lowest BCUT2D eigenvalue weighted by Gasteiger charge is -2.12. The molecule has 3 nitrogen and oxygen atoms in total. The van der Waals surface area contributed by atoms with Gasteiger partial charge in [0.25, 0.3) is 0 Å². The molecule has 0 aliphatic rings. The molecule has 7 heteroatoms. The monoisotopic (exact) mass is 252 g/mol. The molecular formula is C9H8ClF3N2O. The Labute approximate surface area is 94.6 Å². The Bertz CT molecular complexity index is 406. The van der Waals surface area contributed by atoms with E-state index in [1.807, 2.05) is 0 Å². The van der Waals surface area contributed by atoms with E-state index in [4.69, 9.17) is 11.6 Å². The molecule has 0 aliphatic carbocycles. The number of alkyl halides is 3. The van der Waals surface area contributed by atoms with Crippen LogP contribution in [0.15, 0.2) is 18.2 Å². The van der Waals surface area contributed by atoms with Crippen LogP contribution in [0.5, 0.6) is 0 Å². The van der Waals surface area contributed by atoms with Crippen molar-refractivity contribution in [3.8, 4) is 0 Å². The van der Waals surface area contributed by atoms with E-state index in [0.29, 0.717) is 10.6 Å². The van der Waals surface area contributed by atoms with Crippen LogP contribution in [0.2, 0.25) is 5.02 Å². The number of halogens is 4. The number of benzene rings is 1. The minimum atomic E-state index is -4.75. The van der Waals surface area contributed by atoms with Crippen LogP contribution in [0.1, 0.15) is 5.56 Å². The summed E-state index contributed by atoms with van der Waals surface area (Å²) in [5, 5.41) is 3.24. The zero-order valence-corrected chi connectivity index (χ0v) is 8.91. The first-order chi connectivity index (χ1) is 7.29. The van der Waals surface area contributed by atoms with E-state index >= 15 is 0 Å². The van der Waals surface area contributed by atoms with Gasteiger partial charge < -0.3 is 5.32 Å². The van der Waals surface area contributed by atoms with Gasteiger partial charge in [-0.25, -0.2) is 10.1 Å². The highest BCUT2D eigenvalue weighted by molar-refractivity contribution is 6.31. The molecule has 0 spiro atoms. The smallest absolute Gasteiger partial charge is 0.307 e. The highest BCUT2D eigenvalue weighted by Crippen LogP contribution is 2.23. The Morgan fingerprint density at radius 1 is 1.38 bits per heavy atom. The Kier molecular flexibility index (Phi) is 3.64. The predicted octanol–water partition coefficient (Wildman–Crippen LogP) is 3.29. The molecule has 1 rings (SSSR count). The second-order valence-corrected chi connectivity index (χ2v) is 3.40. The van der Waals surface area contributed by atoms with Crippen LogP contribution in [0.4, 0.5) is 23.7 Å². The first-order valence-corrected chi connectivity index (χ1v) is 4.58. The summed E-state index contributed by atoms with van der Waals surface area (Å²) >= 11 is 5.74. The van der Waals surface area contributed by atoms with Crippen molar-refractivity contribution < 1.29 is 18.0 Å². The maximum atomic E-state index is 11.8. The Morgan fingerprint density at radius 2 is 2.00 bits per heavy atom. The summed E-state index contributed by atoms with van der Waals surface area (Å²) in [6.07, 6.45) is -4.75. The van der Waals surface area contributed by atoms with Crippen molar-refractivity contribution in [2.75, 3.05) is 5.32 Å². The van der Waals surface area contributed by atoms with Crippen molar-refractivity contribution in [2.45, 2.75) is 13.2 Å². The van der Waals surface area contributed by atoms with E-state index in [1.165, 1.54) is 12.1 Å². The molecule has 1 aromatic rings. The first-order valence-electron chi connectivity index (χ1n) is 4.20. The third-order valence-corrected chi connectivity index (χ3v) is 2.18. The molecule has 0 aromatic heterocycles. The zero-order valence-electron chi connectivity index (χ0n) is 8.15. The second kappa shape index (κ2) is 4.61. The van der Waals surface area contributed by atoms with Crippen LogP contribution in [0.25, 0.3) is 0 Å². The molecule has 2 amide bonds. The first kappa shape index (κ1) is 12.6. The van der Waals surface area contributed by atoms with Crippen LogP contribution in [0, 0.1) is 6.92 Å². The molecule has 0 saturated heterocycles. The van der Waals surface area contributed by atoms with Gasteiger partial charge in [-0.2, -0.15) is 13.2 Å². The molecule has 0 radical (unpaired) electrons. The number of carbonyl (C=O) groups excluding carboxylic acids is 1. The van der Waals surface area contributed by atoms with E-state index in [9.17, 15) is 18.0 Å². The van der Waals surface area contributed by atoms with Gasteiger partial charge in [-0.1, -0.05) is 17.7 Å². The van der Waals surface area contributed by atoms with E-state index < -0.39 is 12.3 Å². The molecule has 0 atom stereocenters. The molecular weight excluding hydrogens is 245 g/mol. The fraction of sp³-hybridized carbons (Fsp3) is 0.222. The van der Waals surface area contributed by atoms with Crippen LogP contribution in [0.3, 0.4) is 0 Å². The van der Waals surface area contributed by atoms with Crippen molar-refractivity contribution in [2.24, 2.45) is 0 Å². The highest BCUT2D eigenvalue weighted by Gasteiger charge is 2.30. The summed E-state index contributed by atoms with van der Waals surface area (Å²) in [5.41, 5.74) is 0.732. The highest BCUT2D eigenvalue weighted by atomic mass is 35.5. The number of rotatable bonds is 1. The van der Waals surface area contributed by atoms with Gasteiger partial charge >= 0.3 is 12.3 Å². The second-order valence-electron chi connectivity index (χ2n) is 2.99. The van der Waals surface area contributed by atoms with Gasteiger partial charge in [-0.3, -0.25) is 0 Å². The van der Waals surface area contributed by atoms with E-state index in [0.717, 1.165) is 5.32 Å². The Hall–Kier alpha value is -1.43. The normalized spacial score (nSPS) is 11.1. The predicted molar refractivity (Wildman–Crippen MR) is 54.4 cm³/mol. The molecule has 0 heterocycles. The number of nitrogens with one attached hydrogen (secondary N) is 2. The van der Waals surface area contributed by atoms with Gasteiger partial charge in [-0.05, 0) is 24.6 Å². The molecule has 0 bridgehead atoms. The topological polar surface area (TPSA) is 41.1 Å². The van der Waals surface area contributed by atoms with Crippen molar-refractivity contribution in [1.29, 1.82) is 0 Å². The molecule has 1 aromatic carbocycles. The zero-order chi connectivity index (χ0) is 12.3. The molecule has 88 valence electrons. The Balaban J connectivity index is 2.74. The minimum Gasteiger partial charge on any atom is -0.307 e. The SMILES string of the molecule is Cc1c(Cl)cccc1NC(=O)NC(F)(F)F. The number of amides is 2. The van der Waals surface area contributed by atoms with Gasteiger partial charge in [0.15, 0.2) is 0 Å². The van der Waals surface area contributed by atoms with Crippen molar-refractivity contribution >= 4 is 23.3 Å². The van der Waals surface area contributed by atoms with E-state index in [-0.39, 0.29) is 5.69 Å². The van der Waals surface area contributed by atoms with Gasteiger partial charge in [0.2, 0.25) is 0 Å². The van der Waals surface area contributed by atoms with Crippen LogP contribution < -0.4 is 10.6 Å². The molecule has 2 N–H and O–H groups in total. The van der Waals surface area contributed by atoms with Gasteiger partial charge in [0.05, 0.1) is 0 Å². The average molecular weight is 253 g/mol. The third-order valence-electron chi connectivity index (χ3n) is 1.77. The summed E-state index contributed by atoms with van der Waals surface area (Å²) in [4.78, 5) is 10.9. The summed E-state index contributed by atoms with van der Waals surface area (Å²) in [6.45, 7) is 1.59. The number of anilines is 1. The quantitative estimate of drug-likeness (QED) is 0.740. The van der Waals surface area contributed by atoms with Gasteiger partial charge in [-0.15, -0.1) is 0 Å². The van der Waals surface area contributed by atoms with Crippen molar-refractivity contribution in [3.63, 3.8) is 0 Å². The lowest BCUT2D eigenvalue weighted by molar-refractivity contribution is -0.144. The number of urea groups is 1. The fourth-order valence-corrected chi connectivity index (χ4v) is 1.20. The van der Waals surface area contributed by atoms with Crippen molar-refractivity contribution in [1.82, 2.24) is 5.32 Å². The number of carbonyl (C=O) groups is 1. The van der Waals surface area contributed by atoms with Crippen LogP contribution in [-0.4, -0.2) is 12.3 Å². The summed E-state index contributed by atoms with van der Waals surface area (Å²) < 4.78 is 35.4. The fourth-order valence-electron chi connectivity index (χ4n) is 1.03. The Morgan fingerprint density at radius 3 is 2.56 bits per heavy atom. The van der Waals surface area contributed by atoms with Crippen LogP contribution >= 0.6 is 11.6 Å². The average Bonchev–Trinajstić information content (AvgIpc) is 2.09. The lowest BCUT2D eigenvalue weighted by atomic mass is 10.2. The van der Waals surface area contributed by atoms with E-state index in [2.05, 4.69) is 5.32 Å². The van der Waals surface area contributed by atoms with Crippen molar-refractivity contribution in [3.05, 3.63) is 28.8 Å². The number of hydrogen-bond donors (Lipinski definition) is 2. The van der Waals surface area contributed by atoms with E-state index in [1.54, 1.807) is 13.0 Å². The molecule has 0 fully saturated rings. The van der Waals surface area contributed by atoms with Gasteiger partial charge in [0, 0.05) is 10.7 Å². The standard InChI is InChI=1S/C9H8ClF3N2O/c1-5-6(10)3-2-4-7(5)14-8(16)15-9(11,12)13/h2-4H,1H3,(H2,14,15,16). The minimum absolute atomic E-state index is 0.231. The molecule has 16 heavy (non-hydrogen) atoms. The molecule has 0 saturated carbocycles. The molecule has 0 aliphatic heterocycles. The number of hydrogen-bond acceptors (Lipinski definition) is 1.